The molecule has 0 aliphatic carbocycles. The van der Waals surface area contributed by atoms with E-state index in [1.165, 1.54) is 5.39 Å². The van der Waals surface area contributed by atoms with Gasteiger partial charge in [-0.2, -0.15) is 0 Å². The number of nitrogens with zero attached hydrogens (tertiary/aromatic N) is 2. The summed E-state index contributed by atoms with van der Waals surface area (Å²) in [5, 5.41) is 2.35. The van der Waals surface area contributed by atoms with Crippen LogP contribution in [-0.2, 0) is 7.05 Å². The first-order chi connectivity index (χ1) is 6.83. The molecule has 0 saturated heterocycles. The molecule has 70 valence electrons. The third-order valence-electron chi connectivity index (χ3n) is 2.23. The zero-order valence-corrected chi connectivity index (χ0v) is 8.14. The van der Waals surface area contributed by atoms with E-state index in [0.29, 0.717) is 0 Å². The lowest BCUT2D eigenvalue weighted by Gasteiger charge is -2.02. The van der Waals surface area contributed by atoms with Crippen LogP contribution in [0.4, 0.5) is 0 Å². The highest BCUT2D eigenvalue weighted by Crippen LogP contribution is 2.07. The normalized spacial score (nSPS) is 11.9. The Kier molecular flexibility index (Phi) is 2.19. The molecule has 0 N–H and O–H groups in total. The van der Waals surface area contributed by atoms with Crippen molar-refractivity contribution in [1.82, 2.24) is 4.57 Å². The zero-order chi connectivity index (χ0) is 9.97. The largest absolute Gasteiger partial charge is 0.336 e. The van der Waals surface area contributed by atoms with Crippen LogP contribution < -0.4 is 5.49 Å². The number of pyridine rings is 1. The molecule has 1 heterocycles. The molecule has 0 radical (unpaired) electrons. The van der Waals surface area contributed by atoms with Crippen LogP contribution in [0.3, 0.4) is 0 Å². The summed E-state index contributed by atoms with van der Waals surface area (Å²) < 4.78 is 1.99. The minimum Gasteiger partial charge on any atom is -0.336 e. The molecule has 14 heavy (non-hydrogen) atoms. The van der Waals surface area contributed by atoms with Crippen molar-refractivity contribution in [2.75, 3.05) is 0 Å². The van der Waals surface area contributed by atoms with Crippen LogP contribution in [0, 0.1) is 0 Å². The highest BCUT2D eigenvalue weighted by atomic mass is 15.0. The van der Waals surface area contributed by atoms with Crippen LogP contribution in [0.5, 0.6) is 0 Å². The van der Waals surface area contributed by atoms with Crippen LogP contribution >= 0.6 is 0 Å². The zero-order valence-electron chi connectivity index (χ0n) is 8.14. The Bertz CT molecular complexity index is 535. The summed E-state index contributed by atoms with van der Waals surface area (Å²) in [6.07, 6.45) is 3.58. The Morgan fingerprint density at radius 3 is 2.86 bits per heavy atom. The van der Waals surface area contributed by atoms with Gasteiger partial charge in [0.2, 0.25) is 0 Å². The molecule has 1 aromatic carbocycles. The van der Waals surface area contributed by atoms with E-state index in [2.05, 4.69) is 29.8 Å². The summed E-state index contributed by atoms with van der Waals surface area (Å²) in [5.41, 5.74) is 0.943. The molecule has 2 heteroatoms. The molecule has 0 bridgehead atoms. The Morgan fingerprint density at radius 1 is 1.29 bits per heavy atom. The number of hydrogen-bond acceptors (Lipinski definition) is 1. The lowest BCUT2D eigenvalue weighted by Crippen LogP contribution is -2.17. The Labute approximate surface area is 82.8 Å². The van der Waals surface area contributed by atoms with Crippen molar-refractivity contribution >= 4 is 10.8 Å². The second kappa shape index (κ2) is 3.50. The lowest BCUT2D eigenvalue weighted by atomic mass is 10.2. The minimum absolute atomic E-state index is 0.943. The van der Waals surface area contributed by atoms with E-state index < -0.39 is 0 Å². The number of hydrogen-bond donors (Lipinski definition) is 0. The van der Waals surface area contributed by atoms with Crippen LogP contribution in [-0.4, -0.2) is 4.57 Å². The smallest absolute Gasteiger partial charge is 0.140 e. The second-order valence-electron chi connectivity index (χ2n) is 3.15. The predicted molar refractivity (Wildman–Crippen MR) is 58.7 cm³/mol. The summed E-state index contributed by atoms with van der Waals surface area (Å²) in [5.74, 6) is 0. The molecule has 1 aromatic heterocycles. The molecule has 2 rings (SSSR count). The third kappa shape index (κ3) is 1.35. The molecular weight excluding hydrogens is 172 g/mol. The fourth-order valence-electron chi connectivity index (χ4n) is 1.55. The van der Waals surface area contributed by atoms with Gasteiger partial charge in [0.05, 0.1) is 0 Å². The van der Waals surface area contributed by atoms with Crippen LogP contribution in [0.25, 0.3) is 10.8 Å². The molecule has 2 nitrogen and oxygen atoms in total. The summed E-state index contributed by atoms with van der Waals surface area (Å²) in [6.45, 7) is 3.62. The molecule has 0 spiro atoms. The maximum Gasteiger partial charge on any atom is 0.140 e. The lowest BCUT2D eigenvalue weighted by molar-refractivity contribution is 0.848. The average molecular weight is 184 g/mol. The van der Waals surface area contributed by atoms with E-state index in [1.54, 1.807) is 6.20 Å². The van der Waals surface area contributed by atoms with Gasteiger partial charge in [0.15, 0.2) is 0 Å². The maximum atomic E-state index is 4.26. The molecule has 0 amide bonds. The van der Waals surface area contributed by atoms with Crippen molar-refractivity contribution in [2.45, 2.75) is 0 Å². The van der Waals surface area contributed by atoms with E-state index in [0.717, 1.165) is 10.9 Å². The van der Waals surface area contributed by atoms with Crippen molar-refractivity contribution in [3.8, 4) is 0 Å². The average Bonchev–Trinajstić information content (AvgIpc) is 2.23. The van der Waals surface area contributed by atoms with Crippen molar-refractivity contribution in [1.29, 1.82) is 0 Å². The molecule has 0 saturated carbocycles. The fraction of sp³-hybridized carbons (Fsp3) is 0.0833. The van der Waals surface area contributed by atoms with Crippen molar-refractivity contribution in [3.05, 3.63) is 54.8 Å². The molecule has 0 aliphatic heterocycles. The van der Waals surface area contributed by atoms with Gasteiger partial charge in [0.25, 0.3) is 0 Å². The van der Waals surface area contributed by atoms with Crippen LogP contribution in [0.1, 0.15) is 0 Å². The van der Waals surface area contributed by atoms with Gasteiger partial charge in [0, 0.05) is 24.8 Å². The van der Waals surface area contributed by atoms with Crippen molar-refractivity contribution in [2.24, 2.45) is 12.0 Å². The van der Waals surface area contributed by atoms with Gasteiger partial charge in [-0.25, -0.2) is 4.99 Å². The SMILES string of the molecule is C=C/N=c1/c2ccccc2ccn1C. The highest BCUT2D eigenvalue weighted by molar-refractivity contribution is 5.80. The second-order valence-corrected chi connectivity index (χ2v) is 3.15. The predicted octanol–water partition coefficient (Wildman–Crippen LogP) is 2.22. The van der Waals surface area contributed by atoms with Gasteiger partial charge in [-0.1, -0.05) is 30.8 Å². The van der Waals surface area contributed by atoms with Gasteiger partial charge in [-0.05, 0) is 11.5 Å². The Morgan fingerprint density at radius 2 is 2.07 bits per heavy atom. The minimum atomic E-state index is 0.943. The fourth-order valence-corrected chi connectivity index (χ4v) is 1.55. The number of rotatable bonds is 1. The third-order valence-corrected chi connectivity index (χ3v) is 2.23. The summed E-state index contributed by atoms with van der Waals surface area (Å²) in [6, 6.07) is 10.3. The number of benzene rings is 1. The van der Waals surface area contributed by atoms with E-state index in [1.807, 2.05) is 29.9 Å². The van der Waals surface area contributed by atoms with E-state index >= 15 is 0 Å². The molecular formula is C12H12N2. The quantitative estimate of drug-likeness (QED) is 0.646. The molecule has 0 fully saturated rings. The topological polar surface area (TPSA) is 17.3 Å². The Hall–Kier alpha value is -1.83. The van der Waals surface area contributed by atoms with Crippen molar-refractivity contribution < 1.29 is 0 Å². The maximum absolute atomic E-state index is 4.26. The van der Waals surface area contributed by atoms with E-state index in [4.69, 9.17) is 0 Å². The number of aryl methyl sites for hydroxylation is 1. The monoisotopic (exact) mass is 184 g/mol. The molecule has 0 aliphatic rings. The van der Waals surface area contributed by atoms with Crippen molar-refractivity contribution in [3.63, 3.8) is 0 Å². The first kappa shape index (κ1) is 8.75. The first-order valence-corrected chi connectivity index (χ1v) is 4.52. The van der Waals surface area contributed by atoms with Crippen LogP contribution in [0.2, 0.25) is 0 Å². The van der Waals surface area contributed by atoms with Crippen LogP contribution in [0.15, 0.2) is 54.3 Å². The van der Waals surface area contributed by atoms with E-state index in [9.17, 15) is 0 Å². The summed E-state index contributed by atoms with van der Waals surface area (Å²) in [7, 11) is 1.98. The summed E-state index contributed by atoms with van der Waals surface area (Å²) >= 11 is 0. The molecule has 0 atom stereocenters. The summed E-state index contributed by atoms with van der Waals surface area (Å²) in [4.78, 5) is 4.26. The Balaban J connectivity index is 2.97. The standard InChI is InChI=1S/C12H12N2/c1-3-13-12-11-7-5-4-6-10(11)8-9-14(12)2/h3-9H,1H2,2H3/b13-12-. The highest BCUT2D eigenvalue weighted by Gasteiger charge is 1.95. The first-order valence-electron chi connectivity index (χ1n) is 4.52. The van der Waals surface area contributed by atoms with Gasteiger partial charge >= 0.3 is 0 Å². The number of fused-ring (bicyclic) bond motifs is 1. The number of aromatic nitrogens is 1. The van der Waals surface area contributed by atoms with Gasteiger partial charge in [-0.15, -0.1) is 0 Å². The molecule has 2 aromatic rings. The van der Waals surface area contributed by atoms with Gasteiger partial charge in [0.1, 0.15) is 5.49 Å². The van der Waals surface area contributed by atoms with Gasteiger partial charge < -0.3 is 4.57 Å². The van der Waals surface area contributed by atoms with Gasteiger partial charge in [-0.3, -0.25) is 0 Å². The van der Waals surface area contributed by atoms with E-state index in [-0.39, 0.29) is 0 Å². The molecule has 0 unspecified atom stereocenters.